The third-order valence-electron chi connectivity index (χ3n) is 7.86. The quantitative estimate of drug-likeness (QED) is 0.125. The van der Waals surface area contributed by atoms with E-state index in [0.717, 1.165) is 16.3 Å². The van der Waals surface area contributed by atoms with Gasteiger partial charge in [0.05, 0.1) is 18.9 Å². The van der Waals surface area contributed by atoms with Crippen molar-refractivity contribution in [2.24, 2.45) is 0 Å². The number of carbonyl (C=O) groups excluding carboxylic acids is 4. The molecular weight excluding hydrogens is 673 g/mol. The summed E-state index contributed by atoms with van der Waals surface area (Å²) in [6.07, 6.45) is 0.211. The lowest BCUT2D eigenvalue weighted by atomic mass is 10.0. The second kappa shape index (κ2) is 15.7. The number of rotatable bonds is 12. The summed E-state index contributed by atoms with van der Waals surface area (Å²) in [5.74, 6) is -2.89. The molecule has 6 aromatic rings. The molecular formula is C38H30FN5O8. The van der Waals surface area contributed by atoms with Crippen molar-refractivity contribution in [3.05, 3.63) is 148 Å². The fraction of sp³-hybridized carbons (Fsp3) is 0.132. The Morgan fingerprint density at radius 3 is 2.29 bits per heavy atom. The standard InChI is InChI=1S/C38H30FN5O8/c1-50-37(48)26-14-17-28-31(19-26)52-35(42-28)33(46)29(18-23-8-4-2-5-9-23)41-32(45)21-44-34(25-12-15-27(39)16-13-25)40-20-30(36(44)47)43-38(49)51-22-24-10-6-3-7-11-24/h2-17,19-20,29H,18,21-22H2,1H3,(H,41,45)(H,43,49). The number of methoxy groups -OCH3 is 1. The van der Waals surface area contributed by atoms with Gasteiger partial charge in [-0.05, 0) is 53.6 Å². The van der Waals surface area contributed by atoms with Crippen LogP contribution >= 0.6 is 0 Å². The lowest BCUT2D eigenvalue weighted by molar-refractivity contribution is -0.122. The zero-order valence-electron chi connectivity index (χ0n) is 27.6. The van der Waals surface area contributed by atoms with Crippen LogP contribution in [0.5, 0.6) is 0 Å². The molecule has 0 aliphatic carbocycles. The summed E-state index contributed by atoms with van der Waals surface area (Å²) in [6, 6.07) is 26.1. The van der Waals surface area contributed by atoms with Crippen LogP contribution in [-0.2, 0) is 33.8 Å². The van der Waals surface area contributed by atoms with Crippen LogP contribution in [0, 0.1) is 5.82 Å². The summed E-state index contributed by atoms with van der Waals surface area (Å²) >= 11 is 0. The molecule has 52 heavy (non-hydrogen) atoms. The molecule has 2 heterocycles. The number of halogens is 1. The Morgan fingerprint density at radius 1 is 0.904 bits per heavy atom. The predicted molar refractivity (Wildman–Crippen MR) is 186 cm³/mol. The maximum absolute atomic E-state index is 13.9. The molecule has 1 atom stereocenters. The molecule has 13 nitrogen and oxygen atoms in total. The number of esters is 1. The highest BCUT2D eigenvalue weighted by atomic mass is 19.1. The molecule has 262 valence electrons. The summed E-state index contributed by atoms with van der Waals surface area (Å²) in [7, 11) is 1.24. The van der Waals surface area contributed by atoms with Gasteiger partial charge < -0.3 is 19.2 Å². The average Bonchev–Trinajstić information content (AvgIpc) is 3.60. The van der Waals surface area contributed by atoms with Gasteiger partial charge in [-0.15, -0.1) is 0 Å². The van der Waals surface area contributed by atoms with Crippen molar-refractivity contribution in [2.75, 3.05) is 12.4 Å². The maximum atomic E-state index is 13.9. The van der Waals surface area contributed by atoms with Gasteiger partial charge in [0.15, 0.2) is 5.58 Å². The van der Waals surface area contributed by atoms with Crippen molar-refractivity contribution in [1.29, 1.82) is 0 Å². The minimum absolute atomic E-state index is 0.00495. The van der Waals surface area contributed by atoms with Gasteiger partial charge >= 0.3 is 12.1 Å². The van der Waals surface area contributed by atoms with Crippen LogP contribution in [0.1, 0.15) is 32.2 Å². The molecule has 0 saturated heterocycles. The van der Waals surface area contributed by atoms with Crippen LogP contribution < -0.4 is 16.2 Å². The molecule has 2 amide bonds. The third kappa shape index (κ3) is 8.25. The van der Waals surface area contributed by atoms with Crippen molar-refractivity contribution in [2.45, 2.75) is 25.6 Å². The van der Waals surface area contributed by atoms with Crippen molar-refractivity contribution < 1.29 is 37.5 Å². The predicted octanol–water partition coefficient (Wildman–Crippen LogP) is 5.34. The lowest BCUT2D eigenvalue weighted by Crippen LogP contribution is -2.45. The Bertz CT molecular complexity index is 2310. The van der Waals surface area contributed by atoms with Gasteiger partial charge in [0.25, 0.3) is 11.4 Å². The van der Waals surface area contributed by atoms with Gasteiger partial charge in [-0.1, -0.05) is 60.7 Å². The summed E-state index contributed by atoms with van der Waals surface area (Å²) in [4.78, 5) is 74.6. The Hall–Kier alpha value is -6.96. The SMILES string of the molecule is COC(=O)c1ccc2nc(C(=O)C(Cc3ccccc3)NC(=O)Cn3c(-c4ccc(F)cc4)ncc(NC(=O)OCc4ccccc4)c3=O)oc2c1. The topological polar surface area (TPSA) is 172 Å². The molecule has 4 aromatic carbocycles. The molecule has 0 bridgehead atoms. The highest BCUT2D eigenvalue weighted by Gasteiger charge is 2.28. The zero-order valence-corrected chi connectivity index (χ0v) is 27.6. The molecule has 0 saturated carbocycles. The first-order valence-corrected chi connectivity index (χ1v) is 15.9. The Kier molecular flexibility index (Phi) is 10.5. The largest absolute Gasteiger partial charge is 0.465 e. The van der Waals surface area contributed by atoms with Crippen LogP contribution in [0.2, 0.25) is 0 Å². The highest BCUT2D eigenvalue weighted by molar-refractivity contribution is 6.01. The number of ketones is 1. The molecule has 0 radical (unpaired) electrons. The number of oxazole rings is 1. The molecule has 2 aromatic heterocycles. The number of carbonyl (C=O) groups is 4. The first-order valence-electron chi connectivity index (χ1n) is 15.9. The smallest absolute Gasteiger partial charge is 0.412 e. The average molecular weight is 704 g/mol. The number of amides is 2. The number of nitrogens with one attached hydrogen (secondary N) is 2. The summed E-state index contributed by atoms with van der Waals surface area (Å²) in [6.45, 7) is -0.713. The van der Waals surface area contributed by atoms with Crippen LogP contribution in [0.4, 0.5) is 14.9 Å². The lowest BCUT2D eigenvalue weighted by Gasteiger charge is -2.18. The van der Waals surface area contributed by atoms with Gasteiger partial charge in [0.1, 0.15) is 42.0 Å². The number of Topliss-reactive ketones (excluding diaryl/α,β-unsaturated/α-hetero) is 1. The van der Waals surface area contributed by atoms with Crippen LogP contribution in [0.25, 0.3) is 22.5 Å². The number of nitrogens with zero attached hydrogens (tertiary/aromatic N) is 3. The zero-order chi connectivity index (χ0) is 36.6. The Balaban J connectivity index is 1.28. The van der Waals surface area contributed by atoms with Crippen molar-refractivity contribution in [1.82, 2.24) is 19.9 Å². The maximum Gasteiger partial charge on any atom is 0.412 e. The second-order valence-electron chi connectivity index (χ2n) is 11.4. The number of hydrogen-bond acceptors (Lipinski definition) is 10. The van der Waals surface area contributed by atoms with E-state index in [0.29, 0.717) is 16.6 Å². The summed E-state index contributed by atoms with van der Waals surface area (Å²) in [5.41, 5.74) is 1.28. The van der Waals surface area contributed by atoms with E-state index < -0.39 is 47.7 Å². The van der Waals surface area contributed by atoms with E-state index in [4.69, 9.17) is 13.9 Å². The highest BCUT2D eigenvalue weighted by Crippen LogP contribution is 2.21. The van der Waals surface area contributed by atoms with Crippen LogP contribution in [0.15, 0.2) is 119 Å². The number of benzene rings is 4. The van der Waals surface area contributed by atoms with Gasteiger partial charge in [-0.2, -0.15) is 0 Å². The second-order valence-corrected chi connectivity index (χ2v) is 11.4. The van der Waals surface area contributed by atoms with E-state index in [2.05, 4.69) is 20.6 Å². The minimum Gasteiger partial charge on any atom is -0.465 e. The number of fused-ring (bicyclic) bond motifs is 1. The molecule has 6 rings (SSSR count). The molecule has 0 spiro atoms. The molecule has 0 aliphatic rings. The first kappa shape index (κ1) is 34.9. The molecule has 14 heteroatoms. The number of anilines is 1. The monoisotopic (exact) mass is 703 g/mol. The van der Waals surface area contributed by atoms with Gasteiger partial charge in [-0.3, -0.25) is 24.3 Å². The fourth-order valence-corrected chi connectivity index (χ4v) is 5.29. The summed E-state index contributed by atoms with van der Waals surface area (Å²) in [5, 5.41) is 5.06. The van der Waals surface area contributed by atoms with E-state index >= 15 is 0 Å². The molecule has 2 N–H and O–H groups in total. The minimum atomic E-state index is -1.21. The third-order valence-corrected chi connectivity index (χ3v) is 7.86. The fourth-order valence-electron chi connectivity index (χ4n) is 5.29. The number of ether oxygens (including phenoxy) is 2. The van der Waals surface area contributed by atoms with Crippen LogP contribution in [0.3, 0.4) is 0 Å². The first-order chi connectivity index (χ1) is 25.2. The van der Waals surface area contributed by atoms with E-state index in [-0.39, 0.29) is 41.6 Å². The number of hydrogen-bond donors (Lipinski definition) is 2. The number of aromatic nitrogens is 3. The van der Waals surface area contributed by atoms with E-state index in [9.17, 15) is 28.4 Å². The van der Waals surface area contributed by atoms with Crippen molar-refractivity contribution in [3.8, 4) is 11.4 Å². The normalized spacial score (nSPS) is 11.4. The van der Waals surface area contributed by atoms with Crippen molar-refractivity contribution in [3.63, 3.8) is 0 Å². The molecule has 1 unspecified atom stereocenters. The molecule has 0 fully saturated rings. The van der Waals surface area contributed by atoms with E-state index in [1.54, 1.807) is 54.6 Å². The van der Waals surface area contributed by atoms with Gasteiger partial charge in [-0.25, -0.2) is 23.9 Å². The molecule has 0 aliphatic heterocycles. The Morgan fingerprint density at radius 2 is 1.60 bits per heavy atom. The van der Waals surface area contributed by atoms with Gasteiger partial charge in [0, 0.05) is 12.0 Å². The van der Waals surface area contributed by atoms with Crippen molar-refractivity contribution >= 4 is 40.5 Å². The van der Waals surface area contributed by atoms with E-state index in [1.807, 2.05) is 6.07 Å². The van der Waals surface area contributed by atoms with Crippen LogP contribution in [-0.4, -0.2) is 51.4 Å². The Labute approximate surface area is 295 Å². The van der Waals surface area contributed by atoms with Gasteiger partial charge in [0.2, 0.25) is 11.7 Å². The summed E-state index contributed by atoms with van der Waals surface area (Å²) < 4.78 is 30.5. The van der Waals surface area contributed by atoms with E-state index in [1.165, 1.54) is 49.6 Å².